The van der Waals surface area contributed by atoms with Gasteiger partial charge in [-0.1, -0.05) is 12.1 Å². The predicted octanol–water partition coefficient (Wildman–Crippen LogP) is 3.21. The number of hydrogen-bond donors (Lipinski definition) is 1. The standard InChI is InChI=1S/C27H27FN6O3S/c1-32-12-22-15-34(16-23(22)13-32)38(36,37)25-8-18(5-6-24(25)28)27(35)31-26-9-20-7-17(3-4-19(20)10-29-26)21-11-30-33(2)14-21/h3-11,14,22-23H,12-13,15-16H2,1-2H3,(H,29,31,35). The highest BCUT2D eigenvalue weighted by Crippen LogP contribution is 2.34. The first-order valence-corrected chi connectivity index (χ1v) is 13.8. The molecule has 4 heterocycles. The fourth-order valence-electron chi connectivity index (χ4n) is 5.51. The van der Waals surface area contributed by atoms with E-state index in [4.69, 9.17) is 0 Å². The van der Waals surface area contributed by atoms with E-state index in [1.165, 1.54) is 10.4 Å². The van der Waals surface area contributed by atoms with Gasteiger partial charge >= 0.3 is 0 Å². The predicted molar refractivity (Wildman–Crippen MR) is 142 cm³/mol. The number of benzene rings is 2. The van der Waals surface area contributed by atoms with E-state index in [9.17, 15) is 17.6 Å². The molecular formula is C27H27FN6O3S. The van der Waals surface area contributed by atoms with Crippen LogP contribution in [0.25, 0.3) is 21.9 Å². The summed E-state index contributed by atoms with van der Waals surface area (Å²) in [4.78, 5) is 19.1. The van der Waals surface area contributed by atoms with Crippen LogP contribution in [-0.4, -0.2) is 71.5 Å². The molecule has 9 nitrogen and oxygen atoms in total. The third-order valence-electron chi connectivity index (χ3n) is 7.45. The lowest BCUT2D eigenvalue weighted by Crippen LogP contribution is -2.33. The van der Waals surface area contributed by atoms with Crippen LogP contribution in [-0.2, 0) is 17.1 Å². The van der Waals surface area contributed by atoms with Crippen molar-refractivity contribution in [1.29, 1.82) is 0 Å². The number of amides is 1. The van der Waals surface area contributed by atoms with Crippen molar-refractivity contribution < 1.29 is 17.6 Å². The van der Waals surface area contributed by atoms with Crippen molar-refractivity contribution in [3.05, 3.63) is 72.4 Å². The molecule has 0 radical (unpaired) electrons. The normalized spacial score (nSPS) is 20.2. The third kappa shape index (κ3) is 4.46. The quantitative estimate of drug-likeness (QED) is 0.422. The van der Waals surface area contributed by atoms with Gasteiger partial charge in [0.2, 0.25) is 10.0 Å². The molecule has 1 amide bonds. The van der Waals surface area contributed by atoms with E-state index in [2.05, 4.69) is 20.3 Å². The van der Waals surface area contributed by atoms with Crippen molar-refractivity contribution in [3.63, 3.8) is 0 Å². The Morgan fingerprint density at radius 3 is 2.42 bits per heavy atom. The van der Waals surface area contributed by atoms with E-state index in [0.29, 0.717) is 18.9 Å². The number of sulfonamides is 1. The maximum atomic E-state index is 14.8. The molecule has 2 fully saturated rings. The molecule has 0 saturated carbocycles. The van der Waals surface area contributed by atoms with Crippen LogP contribution in [0.2, 0.25) is 0 Å². The van der Waals surface area contributed by atoms with Gasteiger partial charge in [-0.05, 0) is 60.2 Å². The van der Waals surface area contributed by atoms with Crippen LogP contribution in [0.3, 0.4) is 0 Å². The molecule has 2 aromatic heterocycles. The number of aryl methyl sites for hydroxylation is 1. The summed E-state index contributed by atoms with van der Waals surface area (Å²) in [5.74, 6) is -0.667. The van der Waals surface area contributed by atoms with Gasteiger partial charge in [0.05, 0.1) is 6.20 Å². The first-order valence-electron chi connectivity index (χ1n) is 12.4. The van der Waals surface area contributed by atoms with Gasteiger partial charge in [0.15, 0.2) is 0 Å². The Balaban J connectivity index is 1.24. The number of aromatic nitrogens is 3. The summed E-state index contributed by atoms with van der Waals surface area (Å²) in [6.07, 6.45) is 5.34. The Morgan fingerprint density at radius 2 is 1.71 bits per heavy atom. The molecule has 4 aromatic rings. The van der Waals surface area contributed by atoms with Gasteiger partial charge in [-0.15, -0.1) is 0 Å². The number of carbonyl (C=O) groups is 1. The number of hydrogen-bond acceptors (Lipinski definition) is 6. The van der Waals surface area contributed by atoms with Crippen LogP contribution in [0.5, 0.6) is 0 Å². The average Bonchev–Trinajstić information content (AvgIpc) is 3.58. The Hall–Kier alpha value is -3.67. The van der Waals surface area contributed by atoms with Gasteiger partial charge in [-0.3, -0.25) is 9.48 Å². The highest BCUT2D eigenvalue weighted by Gasteiger charge is 2.44. The fourth-order valence-corrected chi connectivity index (χ4v) is 7.15. The number of nitrogens with zero attached hydrogens (tertiary/aromatic N) is 5. The summed E-state index contributed by atoms with van der Waals surface area (Å²) in [5, 5.41) is 8.69. The molecule has 2 saturated heterocycles. The van der Waals surface area contributed by atoms with Crippen molar-refractivity contribution in [3.8, 4) is 11.1 Å². The fraction of sp³-hybridized carbons (Fsp3) is 0.296. The molecule has 38 heavy (non-hydrogen) atoms. The molecule has 1 N–H and O–H groups in total. The molecule has 2 unspecified atom stereocenters. The zero-order valence-electron chi connectivity index (χ0n) is 21.0. The van der Waals surface area contributed by atoms with Crippen LogP contribution < -0.4 is 5.32 Å². The van der Waals surface area contributed by atoms with E-state index in [1.807, 2.05) is 38.5 Å². The van der Waals surface area contributed by atoms with Gasteiger partial charge < -0.3 is 10.2 Å². The van der Waals surface area contributed by atoms with E-state index < -0.39 is 26.6 Å². The van der Waals surface area contributed by atoms with Gasteiger partial charge in [0.25, 0.3) is 5.91 Å². The SMILES string of the molecule is CN1CC2CN(S(=O)(=O)c3cc(C(=O)Nc4cc5cc(-c6cnn(C)c6)ccc5cn4)ccc3F)CC2C1. The maximum absolute atomic E-state index is 14.8. The van der Waals surface area contributed by atoms with Crippen molar-refractivity contribution in [2.45, 2.75) is 4.90 Å². The molecule has 196 valence electrons. The Labute approximate surface area is 219 Å². The summed E-state index contributed by atoms with van der Waals surface area (Å²) in [7, 11) is -0.211. The highest BCUT2D eigenvalue weighted by molar-refractivity contribution is 7.89. The van der Waals surface area contributed by atoms with Crippen LogP contribution >= 0.6 is 0 Å². The minimum atomic E-state index is -4.08. The molecule has 0 aliphatic carbocycles. The number of pyridine rings is 1. The minimum absolute atomic E-state index is 0.0371. The summed E-state index contributed by atoms with van der Waals surface area (Å²) in [5.41, 5.74) is 1.97. The number of rotatable bonds is 5. The number of halogens is 1. The second-order valence-corrected chi connectivity index (χ2v) is 12.1. The van der Waals surface area contributed by atoms with Gasteiger partial charge in [-0.25, -0.2) is 17.8 Å². The molecule has 0 spiro atoms. The van der Waals surface area contributed by atoms with Crippen LogP contribution in [0.4, 0.5) is 10.2 Å². The van der Waals surface area contributed by atoms with Gasteiger partial charge in [0.1, 0.15) is 16.5 Å². The third-order valence-corrected chi connectivity index (χ3v) is 9.29. The first-order chi connectivity index (χ1) is 18.2. The summed E-state index contributed by atoms with van der Waals surface area (Å²) in [6, 6.07) is 11.1. The Bertz CT molecular complexity index is 1660. The van der Waals surface area contributed by atoms with E-state index in [0.717, 1.165) is 47.1 Å². The monoisotopic (exact) mass is 534 g/mol. The topological polar surface area (TPSA) is 100 Å². The molecule has 11 heteroatoms. The molecule has 2 aromatic carbocycles. The van der Waals surface area contributed by atoms with E-state index >= 15 is 0 Å². The summed E-state index contributed by atoms with van der Waals surface area (Å²) in [6.45, 7) is 2.36. The Kier molecular flexibility index (Phi) is 6.01. The first kappa shape index (κ1) is 24.7. The maximum Gasteiger partial charge on any atom is 0.256 e. The van der Waals surface area contributed by atoms with Crippen molar-refractivity contribution in [2.24, 2.45) is 18.9 Å². The molecule has 2 aliphatic heterocycles. The van der Waals surface area contributed by atoms with Crippen molar-refractivity contribution in [1.82, 2.24) is 24.0 Å². The number of carbonyl (C=O) groups excluding carboxylic acids is 1. The highest BCUT2D eigenvalue weighted by atomic mass is 32.2. The summed E-state index contributed by atoms with van der Waals surface area (Å²) < 4.78 is 44.5. The molecular weight excluding hydrogens is 507 g/mol. The van der Waals surface area contributed by atoms with E-state index in [1.54, 1.807) is 23.1 Å². The van der Waals surface area contributed by atoms with Gasteiger partial charge in [0, 0.05) is 62.1 Å². The van der Waals surface area contributed by atoms with Crippen molar-refractivity contribution >= 4 is 32.5 Å². The Morgan fingerprint density at radius 1 is 0.947 bits per heavy atom. The molecule has 0 bridgehead atoms. The minimum Gasteiger partial charge on any atom is -0.307 e. The number of likely N-dealkylation sites (tertiary alicyclic amines) is 1. The van der Waals surface area contributed by atoms with Crippen LogP contribution in [0.1, 0.15) is 10.4 Å². The molecule has 2 aliphatic rings. The van der Waals surface area contributed by atoms with Crippen LogP contribution in [0.15, 0.2) is 66.0 Å². The van der Waals surface area contributed by atoms with Crippen molar-refractivity contribution in [2.75, 3.05) is 38.5 Å². The summed E-state index contributed by atoms with van der Waals surface area (Å²) >= 11 is 0. The second-order valence-electron chi connectivity index (χ2n) is 10.2. The lowest BCUT2D eigenvalue weighted by Gasteiger charge is -2.20. The second kappa shape index (κ2) is 9.26. The zero-order valence-corrected chi connectivity index (χ0v) is 21.8. The number of anilines is 1. The molecule has 2 atom stereocenters. The van der Waals surface area contributed by atoms with E-state index in [-0.39, 0.29) is 17.4 Å². The molecule has 6 rings (SSSR count). The lowest BCUT2D eigenvalue weighted by atomic mass is 10.0. The largest absolute Gasteiger partial charge is 0.307 e. The van der Waals surface area contributed by atoms with Crippen LogP contribution in [0, 0.1) is 17.7 Å². The van der Waals surface area contributed by atoms with Gasteiger partial charge in [-0.2, -0.15) is 9.40 Å². The average molecular weight is 535 g/mol. The zero-order chi connectivity index (χ0) is 26.6. The smallest absolute Gasteiger partial charge is 0.256 e. The lowest BCUT2D eigenvalue weighted by molar-refractivity contribution is 0.102. The number of fused-ring (bicyclic) bond motifs is 2. The number of nitrogens with one attached hydrogen (secondary N) is 1.